The maximum Gasteiger partial charge on any atom is 0.124 e. The van der Waals surface area contributed by atoms with Gasteiger partial charge in [-0.3, -0.25) is 4.98 Å². The maximum atomic E-state index is 10.1. The van der Waals surface area contributed by atoms with Gasteiger partial charge >= 0.3 is 0 Å². The van der Waals surface area contributed by atoms with Crippen LogP contribution in [0.1, 0.15) is 31.9 Å². The van der Waals surface area contributed by atoms with Crippen molar-refractivity contribution in [2.75, 3.05) is 18.0 Å². The Bertz CT molecular complexity index is 448. The molecule has 0 aromatic carbocycles. The molecule has 1 saturated heterocycles. The highest BCUT2D eigenvalue weighted by atomic mass is 32.1. The molecular formula is C13H19N3OS. The van der Waals surface area contributed by atoms with Crippen molar-refractivity contribution in [2.45, 2.75) is 31.8 Å². The first-order valence-corrected chi connectivity index (χ1v) is 6.62. The zero-order valence-corrected chi connectivity index (χ0v) is 11.4. The molecule has 1 unspecified atom stereocenters. The van der Waals surface area contributed by atoms with Crippen molar-refractivity contribution in [3.8, 4) is 0 Å². The van der Waals surface area contributed by atoms with Crippen molar-refractivity contribution in [1.82, 2.24) is 4.98 Å². The Morgan fingerprint density at radius 2 is 2.28 bits per heavy atom. The minimum Gasteiger partial charge on any atom is -0.390 e. The van der Waals surface area contributed by atoms with E-state index >= 15 is 0 Å². The minimum absolute atomic E-state index is 0.321. The van der Waals surface area contributed by atoms with E-state index in [0.717, 1.165) is 38.0 Å². The van der Waals surface area contributed by atoms with Gasteiger partial charge in [-0.25, -0.2) is 0 Å². The van der Waals surface area contributed by atoms with E-state index in [1.807, 2.05) is 19.1 Å². The molecule has 1 aliphatic rings. The van der Waals surface area contributed by atoms with E-state index in [2.05, 4.69) is 9.88 Å². The van der Waals surface area contributed by atoms with E-state index in [-0.39, 0.29) is 0 Å². The lowest BCUT2D eigenvalue weighted by molar-refractivity contribution is 0.0481. The summed E-state index contributed by atoms with van der Waals surface area (Å²) in [5.74, 6) is 0. The summed E-state index contributed by atoms with van der Waals surface area (Å²) >= 11 is 5.04. The van der Waals surface area contributed by atoms with Crippen LogP contribution in [0, 0.1) is 0 Å². The van der Waals surface area contributed by atoms with Gasteiger partial charge in [0.1, 0.15) is 10.7 Å². The standard InChI is InChI=1S/C13H19N3OS/c1-13(17)5-3-8-16(9-6-13)10-4-2-7-15-11(10)12(14)18/h2,4,7,17H,3,5-6,8-9H2,1H3,(H2,14,18). The van der Waals surface area contributed by atoms with Crippen molar-refractivity contribution in [3.63, 3.8) is 0 Å². The molecule has 0 bridgehead atoms. The Labute approximate surface area is 113 Å². The molecule has 0 saturated carbocycles. The summed E-state index contributed by atoms with van der Waals surface area (Å²) in [6, 6.07) is 3.88. The highest BCUT2D eigenvalue weighted by Crippen LogP contribution is 2.26. The van der Waals surface area contributed by atoms with Crippen LogP contribution in [-0.2, 0) is 0 Å². The molecule has 1 aromatic heterocycles. The number of pyridine rings is 1. The zero-order valence-electron chi connectivity index (χ0n) is 10.6. The first kappa shape index (κ1) is 13.2. The van der Waals surface area contributed by atoms with Crippen LogP contribution in [0.3, 0.4) is 0 Å². The highest BCUT2D eigenvalue weighted by molar-refractivity contribution is 7.80. The van der Waals surface area contributed by atoms with E-state index in [0.29, 0.717) is 10.7 Å². The molecule has 0 amide bonds. The average Bonchev–Trinajstić information content (AvgIpc) is 2.50. The SMILES string of the molecule is CC1(O)CCCN(c2cccnc2C(N)=S)CC1. The van der Waals surface area contributed by atoms with Gasteiger partial charge in [-0.15, -0.1) is 0 Å². The zero-order chi connectivity index (χ0) is 13.2. The Morgan fingerprint density at radius 3 is 3.00 bits per heavy atom. The number of hydrogen-bond acceptors (Lipinski definition) is 4. The monoisotopic (exact) mass is 265 g/mol. The minimum atomic E-state index is -0.569. The van der Waals surface area contributed by atoms with Crippen LogP contribution in [0.25, 0.3) is 0 Å². The van der Waals surface area contributed by atoms with Crippen LogP contribution in [-0.4, -0.2) is 33.8 Å². The number of rotatable bonds is 2. The van der Waals surface area contributed by atoms with E-state index in [9.17, 15) is 5.11 Å². The summed E-state index contributed by atoms with van der Waals surface area (Å²) in [6.07, 6.45) is 4.23. The Balaban J connectivity index is 2.24. The molecule has 1 fully saturated rings. The Morgan fingerprint density at radius 1 is 1.50 bits per heavy atom. The molecule has 2 heterocycles. The van der Waals surface area contributed by atoms with Crippen LogP contribution in [0.15, 0.2) is 18.3 Å². The lowest BCUT2D eigenvalue weighted by Gasteiger charge is -2.25. The fraction of sp³-hybridized carbons (Fsp3) is 0.538. The van der Waals surface area contributed by atoms with Crippen LogP contribution in [0.5, 0.6) is 0 Å². The Hall–Kier alpha value is -1.20. The van der Waals surface area contributed by atoms with E-state index in [1.54, 1.807) is 6.20 Å². The van der Waals surface area contributed by atoms with Crippen LogP contribution >= 0.6 is 12.2 Å². The van der Waals surface area contributed by atoms with Crippen LogP contribution in [0.2, 0.25) is 0 Å². The number of thiocarbonyl (C=S) groups is 1. The molecule has 2 rings (SSSR count). The molecule has 0 radical (unpaired) electrons. The van der Waals surface area contributed by atoms with Gasteiger partial charge in [-0.2, -0.15) is 0 Å². The Kier molecular flexibility index (Phi) is 3.82. The lowest BCUT2D eigenvalue weighted by atomic mass is 9.98. The topological polar surface area (TPSA) is 62.4 Å². The molecule has 1 aromatic rings. The van der Waals surface area contributed by atoms with Crippen LogP contribution < -0.4 is 10.6 Å². The van der Waals surface area contributed by atoms with Crippen molar-refractivity contribution >= 4 is 22.9 Å². The molecule has 1 aliphatic heterocycles. The van der Waals surface area contributed by atoms with E-state index in [1.165, 1.54) is 0 Å². The average molecular weight is 265 g/mol. The molecular weight excluding hydrogens is 246 g/mol. The molecule has 0 spiro atoms. The molecule has 4 nitrogen and oxygen atoms in total. The van der Waals surface area contributed by atoms with Gasteiger partial charge in [-0.05, 0) is 38.3 Å². The molecule has 5 heteroatoms. The number of nitrogens with two attached hydrogens (primary N) is 1. The second kappa shape index (κ2) is 5.20. The van der Waals surface area contributed by atoms with Crippen LogP contribution in [0.4, 0.5) is 5.69 Å². The normalized spacial score (nSPS) is 24.7. The van der Waals surface area contributed by atoms with E-state index < -0.39 is 5.60 Å². The molecule has 98 valence electrons. The van der Waals surface area contributed by atoms with Gasteiger partial charge in [0.2, 0.25) is 0 Å². The predicted molar refractivity (Wildman–Crippen MR) is 76.8 cm³/mol. The summed E-state index contributed by atoms with van der Waals surface area (Å²) in [4.78, 5) is 6.78. The van der Waals surface area contributed by atoms with Crippen molar-refractivity contribution in [1.29, 1.82) is 0 Å². The number of anilines is 1. The fourth-order valence-electron chi connectivity index (χ4n) is 2.35. The summed E-state index contributed by atoms with van der Waals surface area (Å²) < 4.78 is 0. The van der Waals surface area contributed by atoms with Crippen molar-refractivity contribution in [2.24, 2.45) is 5.73 Å². The summed E-state index contributed by atoms with van der Waals surface area (Å²) in [5.41, 5.74) is 6.79. The highest BCUT2D eigenvalue weighted by Gasteiger charge is 2.26. The smallest absolute Gasteiger partial charge is 0.124 e. The van der Waals surface area contributed by atoms with Gasteiger partial charge < -0.3 is 15.7 Å². The first-order chi connectivity index (χ1) is 8.49. The number of nitrogens with zero attached hydrogens (tertiary/aromatic N) is 2. The predicted octanol–water partition coefficient (Wildman–Crippen LogP) is 1.46. The molecule has 0 aliphatic carbocycles. The number of aliphatic hydroxyl groups is 1. The third-order valence-electron chi connectivity index (χ3n) is 3.42. The first-order valence-electron chi connectivity index (χ1n) is 6.22. The van der Waals surface area contributed by atoms with Gasteiger partial charge in [0.25, 0.3) is 0 Å². The second-order valence-corrected chi connectivity index (χ2v) is 5.51. The van der Waals surface area contributed by atoms with Gasteiger partial charge in [-0.1, -0.05) is 12.2 Å². The van der Waals surface area contributed by atoms with E-state index in [4.69, 9.17) is 18.0 Å². The summed E-state index contributed by atoms with van der Waals surface area (Å²) in [6.45, 7) is 3.60. The van der Waals surface area contributed by atoms with Gasteiger partial charge in [0.15, 0.2) is 0 Å². The quantitative estimate of drug-likeness (QED) is 0.793. The third-order valence-corrected chi connectivity index (χ3v) is 3.62. The number of aromatic nitrogens is 1. The van der Waals surface area contributed by atoms with Crippen molar-refractivity contribution in [3.05, 3.63) is 24.0 Å². The van der Waals surface area contributed by atoms with Crippen molar-refractivity contribution < 1.29 is 5.11 Å². The fourth-order valence-corrected chi connectivity index (χ4v) is 2.50. The molecule has 3 N–H and O–H groups in total. The third kappa shape index (κ3) is 2.97. The summed E-state index contributed by atoms with van der Waals surface area (Å²) in [5, 5.41) is 10.1. The molecule has 18 heavy (non-hydrogen) atoms. The molecule has 1 atom stereocenters. The summed E-state index contributed by atoms with van der Waals surface area (Å²) in [7, 11) is 0. The van der Waals surface area contributed by atoms with Gasteiger partial charge in [0, 0.05) is 19.3 Å². The maximum absolute atomic E-state index is 10.1. The second-order valence-electron chi connectivity index (χ2n) is 5.07. The van der Waals surface area contributed by atoms with Gasteiger partial charge in [0.05, 0.1) is 11.3 Å². The number of hydrogen-bond donors (Lipinski definition) is 2. The lowest BCUT2D eigenvalue weighted by Crippen LogP contribution is -2.30. The largest absolute Gasteiger partial charge is 0.390 e.